The molecule has 0 aliphatic rings. The largest absolute Gasteiger partial charge is 0.309 e. The Balaban J connectivity index is 1.24. The zero-order valence-electron chi connectivity index (χ0n) is 29.5. The normalized spacial score (nSPS) is 11.6. The Bertz CT molecular complexity index is 3420. The Labute approximate surface area is 316 Å². The molecule has 3 heterocycles. The summed E-state index contributed by atoms with van der Waals surface area (Å²) in [4.78, 5) is 0. The van der Waals surface area contributed by atoms with Gasteiger partial charge in [-0.1, -0.05) is 121 Å². The van der Waals surface area contributed by atoms with Gasteiger partial charge in [0.1, 0.15) is 12.1 Å². The maximum absolute atomic E-state index is 10.9. The molecule has 254 valence electrons. The van der Waals surface area contributed by atoms with E-state index in [1.807, 2.05) is 48.5 Å². The lowest BCUT2D eigenvalue weighted by Gasteiger charge is -2.20. The van der Waals surface area contributed by atoms with E-state index in [1.165, 1.54) is 10.8 Å². The fourth-order valence-electron chi connectivity index (χ4n) is 8.89. The van der Waals surface area contributed by atoms with E-state index in [9.17, 15) is 10.5 Å². The Hall–Kier alpha value is -7.86. The summed E-state index contributed by atoms with van der Waals surface area (Å²) in [5.74, 6) is 0. The number of para-hydroxylation sites is 7. The van der Waals surface area contributed by atoms with Crippen molar-refractivity contribution >= 4 is 65.4 Å². The number of hydrogen-bond acceptors (Lipinski definition) is 2. The average molecular weight is 700 g/mol. The molecular weight excluding hydrogens is 671 g/mol. The summed E-state index contributed by atoms with van der Waals surface area (Å²) in [6.45, 7) is 0. The molecule has 0 radical (unpaired) electrons. The predicted octanol–water partition coefficient (Wildman–Crippen LogP) is 12.4. The third-order valence-corrected chi connectivity index (χ3v) is 11.1. The van der Waals surface area contributed by atoms with Crippen molar-refractivity contribution in [3.8, 4) is 40.3 Å². The second-order valence-corrected chi connectivity index (χ2v) is 13.9. The van der Waals surface area contributed by atoms with Crippen LogP contribution in [0.1, 0.15) is 11.1 Å². The third kappa shape index (κ3) is 4.33. The number of nitrogens with zero attached hydrogens (tertiary/aromatic N) is 5. The van der Waals surface area contributed by atoms with Crippen molar-refractivity contribution in [2.75, 3.05) is 0 Å². The van der Waals surface area contributed by atoms with E-state index in [1.54, 1.807) is 0 Å². The standard InChI is InChI=1S/C50H29N5/c51-30-32-13-11-20-41-38-18-4-9-25-46(38)54(49(32)41)47-26-10-5-19-39(47)42-21-12-14-33(31-52)50(42)55-45-24-8-3-17-37(45)40-28-27-34(29-48(40)55)53-43-22-6-1-15-35(43)36-16-2-7-23-44(36)53/h1-29H. The summed E-state index contributed by atoms with van der Waals surface area (Å²) < 4.78 is 6.83. The van der Waals surface area contributed by atoms with E-state index in [2.05, 4.69) is 153 Å². The summed E-state index contributed by atoms with van der Waals surface area (Å²) >= 11 is 0. The minimum absolute atomic E-state index is 0.567. The van der Waals surface area contributed by atoms with E-state index >= 15 is 0 Å². The van der Waals surface area contributed by atoms with E-state index in [0.717, 1.165) is 82.8 Å². The van der Waals surface area contributed by atoms with Gasteiger partial charge in [0.05, 0.1) is 55.6 Å². The Morgan fingerprint density at radius 2 is 0.818 bits per heavy atom. The lowest BCUT2D eigenvalue weighted by atomic mass is 9.97. The van der Waals surface area contributed by atoms with Gasteiger partial charge in [0.2, 0.25) is 0 Å². The highest BCUT2D eigenvalue weighted by molar-refractivity contribution is 6.14. The van der Waals surface area contributed by atoms with Gasteiger partial charge in [-0.3, -0.25) is 0 Å². The number of benzene rings is 8. The van der Waals surface area contributed by atoms with Crippen LogP contribution in [0, 0.1) is 22.7 Å². The highest BCUT2D eigenvalue weighted by atomic mass is 15.0. The molecule has 8 aromatic carbocycles. The summed E-state index contributed by atoms with van der Waals surface area (Å²) in [6.07, 6.45) is 0. The molecule has 0 saturated carbocycles. The second-order valence-electron chi connectivity index (χ2n) is 13.9. The van der Waals surface area contributed by atoms with Crippen LogP contribution in [-0.2, 0) is 0 Å². The summed E-state index contributed by atoms with van der Waals surface area (Å²) in [5.41, 5.74) is 12.0. The molecule has 5 heteroatoms. The van der Waals surface area contributed by atoms with Crippen LogP contribution in [-0.4, -0.2) is 13.7 Å². The van der Waals surface area contributed by atoms with Crippen LogP contribution < -0.4 is 0 Å². The second kappa shape index (κ2) is 11.8. The quantitative estimate of drug-likeness (QED) is 0.184. The molecule has 0 amide bonds. The molecule has 0 unspecified atom stereocenters. The van der Waals surface area contributed by atoms with Crippen LogP contribution >= 0.6 is 0 Å². The SMILES string of the molecule is N#Cc1cccc(-c2ccccc2-n2c3ccccc3c3cccc(C#N)c32)c1-n1c2ccccc2c2ccc(-n3c4ccccc4c4ccccc43)cc21. The fraction of sp³-hybridized carbons (Fsp3) is 0. The van der Waals surface area contributed by atoms with Gasteiger partial charge in [0.15, 0.2) is 0 Å². The number of hydrogen-bond donors (Lipinski definition) is 0. The third-order valence-electron chi connectivity index (χ3n) is 11.1. The molecule has 0 aliphatic carbocycles. The highest BCUT2D eigenvalue weighted by Gasteiger charge is 2.23. The minimum Gasteiger partial charge on any atom is -0.309 e. The number of nitriles is 2. The first-order valence-corrected chi connectivity index (χ1v) is 18.3. The van der Waals surface area contributed by atoms with Gasteiger partial charge in [-0.25, -0.2) is 0 Å². The van der Waals surface area contributed by atoms with E-state index in [4.69, 9.17) is 0 Å². The lowest BCUT2D eigenvalue weighted by molar-refractivity contribution is 1.14. The molecule has 0 saturated heterocycles. The summed E-state index contributed by atoms with van der Waals surface area (Å²) in [6, 6.07) is 65.9. The zero-order valence-corrected chi connectivity index (χ0v) is 29.5. The van der Waals surface area contributed by atoms with Crippen LogP contribution in [0.5, 0.6) is 0 Å². The van der Waals surface area contributed by atoms with Crippen LogP contribution in [0.3, 0.4) is 0 Å². The number of aromatic nitrogens is 3. The fourth-order valence-corrected chi connectivity index (χ4v) is 8.89. The molecule has 11 rings (SSSR count). The molecular formula is C50H29N5. The van der Waals surface area contributed by atoms with Crippen molar-refractivity contribution in [3.63, 3.8) is 0 Å². The van der Waals surface area contributed by atoms with Crippen molar-refractivity contribution in [2.45, 2.75) is 0 Å². The minimum atomic E-state index is 0.567. The Morgan fingerprint density at radius 3 is 1.47 bits per heavy atom. The van der Waals surface area contributed by atoms with Gasteiger partial charge in [0, 0.05) is 49.1 Å². The smallest absolute Gasteiger partial charge is 0.101 e. The summed E-state index contributed by atoms with van der Waals surface area (Å²) in [5, 5.41) is 28.0. The predicted molar refractivity (Wildman–Crippen MR) is 224 cm³/mol. The number of fused-ring (bicyclic) bond motifs is 9. The zero-order chi connectivity index (χ0) is 36.6. The van der Waals surface area contributed by atoms with E-state index < -0.39 is 0 Å². The van der Waals surface area contributed by atoms with Crippen LogP contribution in [0.25, 0.3) is 93.6 Å². The van der Waals surface area contributed by atoms with E-state index in [-0.39, 0.29) is 0 Å². The van der Waals surface area contributed by atoms with Gasteiger partial charge in [0.25, 0.3) is 0 Å². The Morgan fingerprint density at radius 1 is 0.345 bits per heavy atom. The van der Waals surface area contributed by atoms with Crippen LogP contribution in [0.2, 0.25) is 0 Å². The van der Waals surface area contributed by atoms with Crippen LogP contribution in [0.15, 0.2) is 176 Å². The first-order valence-electron chi connectivity index (χ1n) is 18.3. The first-order chi connectivity index (χ1) is 27.2. The van der Waals surface area contributed by atoms with Gasteiger partial charge in [-0.15, -0.1) is 0 Å². The van der Waals surface area contributed by atoms with E-state index in [0.29, 0.717) is 11.1 Å². The molecule has 5 nitrogen and oxygen atoms in total. The molecule has 0 fully saturated rings. The molecule has 0 atom stereocenters. The van der Waals surface area contributed by atoms with Gasteiger partial charge in [-0.2, -0.15) is 10.5 Å². The number of rotatable bonds is 4. The van der Waals surface area contributed by atoms with Crippen molar-refractivity contribution in [1.82, 2.24) is 13.7 Å². The molecule has 0 bridgehead atoms. The van der Waals surface area contributed by atoms with Crippen LogP contribution in [0.4, 0.5) is 0 Å². The topological polar surface area (TPSA) is 62.4 Å². The van der Waals surface area contributed by atoms with Crippen molar-refractivity contribution in [3.05, 3.63) is 187 Å². The summed E-state index contributed by atoms with van der Waals surface area (Å²) in [7, 11) is 0. The maximum atomic E-state index is 10.9. The Kier molecular flexibility index (Phi) is 6.61. The van der Waals surface area contributed by atoms with Gasteiger partial charge in [-0.05, 0) is 54.6 Å². The average Bonchev–Trinajstić information content (AvgIpc) is 3.89. The molecule has 0 spiro atoms. The highest BCUT2D eigenvalue weighted by Crippen LogP contribution is 2.43. The lowest BCUT2D eigenvalue weighted by Crippen LogP contribution is -2.04. The molecule has 55 heavy (non-hydrogen) atoms. The van der Waals surface area contributed by atoms with Crippen molar-refractivity contribution in [2.24, 2.45) is 0 Å². The molecule has 3 aromatic heterocycles. The van der Waals surface area contributed by atoms with Crippen molar-refractivity contribution < 1.29 is 0 Å². The molecule has 0 aliphatic heterocycles. The van der Waals surface area contributed by atoms with Crippen molar-refractivity contribution in [1.29, 1.82) is 10.5 Å². The molecule has 11 aromatic rings. The maximum Gasteiger partial charge on any atom is 0.101 e. The molecule has 0 N–H and O–H groups in total. The monoisotopic (exact) mass is 699 g/mol. The first kappa shape index (κ1) is 30.7. The van der Waals surface area contributed by atoms with Gasteiger partial charge < -0.3 is 13.7 Å². The van der Waals surface area contributed by atoms with Gasteiger partial charge >= 0.3 is 0 Å².